The van der Waals surface area contributed by atoms with Crippen molar-refractivity contribution in [3.8, 4) is 17.0 Å². The molecule has 1 atom stereocenters. The van der Waals surface area contributed by atoms with Crippen molar-refractivity contribution < 1.29 is 9.90 Å². The molecule has 1 fully saturated rings. The van der Waals surface area contributed by atoms with E-state index < -0.39 is 0 Å². The maximum Gasteiger partial charge on any atom is 0.246 e. The number of H-pyrrole nitrogens is 1. The zero-order chi connectivity index (χ0) is 20.4. The monoisotopic (exact) mass is 391 g/mol. The first kappa shape index (κ1) is 19.1. The van der Waals surface area contributed by atoms with Crippen LogP contribution < -0.4 is 0 Å². The van der Waals surface area contributed by atoms with E-state index in [9.17, 15) is 9.90 Å². The molecule has 4 rings (SSSR count). The van der Waals surface area contributed by atoms with Crippen LogP contribution in [0.4, 0.5) is 0 Å². The molecule has 1 aliphatic rings. The Morgan fingerprint density at radius 1 is 1.31 bits per heavy atom. The van der Waals surface area contributed by atoms with E-state index in [0.717, 1.165) is 36.2 Å². The van der Waals surface area contributed by atoms with Crippen molar-refractivity contribution in [2.75, 3.05) is 33.7 Å². The number of aromatic hydroxyl groups is 1. The number of carbonyl (C=O) groups excluding carboxylic acids is 1. The van der Waals surface area contributed by atoms with Crippen LogP contribution in [0.3, 0.4) is 0 Å². The number of aromatic amines is 1. The van der Waals surface area contributed by atoms with Crippen LogP contribution in [0.25, 0.3) is 22.3 Å². The Bertz CT molecular complexity index is 1060. The van der Waals surface area contributed by atoms with Gasteiger partial charge in [0.1, 0.15) is 5.75 Å². The summed E-state index contributed by atoms with van der Waals surface area (Å²) in [6.07, 6.45) is 4.48. The highest BCUT2D eigenvalue weighted by atomic mass is 16.3. The minimum atomic E-state index is 0.0621. The Hall–Kier alpha value is -3.19. The number of hydrogen-bond donors (Lipinski definition) is 2. The first-order chi connectivity index (χ1) is 14.0. The summed E-state index contributed by atoms with van der Waals surface area (Å²) >= 11 is 0. The fourth-order valence-corrected chi connectivity index (χ4v) is 3.68. The normalized spacial score (nSPS) is 17.1. The van der Waals surface area contributed by atoms with Crippen LogP contribution in [0, 0.1) is 0 Å². The van der Waals surface area contributed by atoms with E-state index in [1.807, 2.05) is 48.2 Å². The second-order valence-electron chi connectivity index (χ2n) is 7.71. The Balaban J connectivity index is 1.50. The zero-order valence-electron chi connectivity index (χ0n) is 16.7. The number of fused-ring (bicyclic) bond motifs is 1. The van der Waals surface area contributed by atoms with Gasteiger partial charge in [0, 0.05) is 48.3 Å². The standard InChI is InChI=1S/C22H25N5O2/c1-26(2)10-5-8-21(29)27-11-9-15(14-27)18-12-16-13-19(24-25-22(16)23-18)17-6-3-4-7-20(17)28/h3-8,12-13,15,28H,9-11,14H2,1-2H3,(H,23,25)/b8-5+/t15-/m1/s1. The lowest BCUT2D eigenvalue weighted by atomic mass is 10.0. The topological polar surface area (TPSA) is 85.3 Å². The first-order valence-electron chi connectivity index (χ1n) is 9.76. The number of hydrogen-bond acceptors (Lipinski definition) is 5. The summed E-state index contributed by atoms with van der Waals surface area (Å²) in [5, 5.41) is 19.6. The fourth-order valence-electron chi connectivity index (χ4n) is 3.68. The number of likely N-dealkylation sites (tertiary alicyclic amines) is 1. The number of nitrogens with zero attached hydrogens (tertiary/aromatic N) is 4. The number of aromatic nitrogens is 3. The fraction of sp³-hybridized carbons (Fsp3) is 0.318. The zero-order valence-corrected chi connectivity index (χ0v) is 16.7. The molecule has 0 spiro atoms. The van der Waals surface area contributed by atoms with Crippen molar-refractivity contribution >= 4 is 16.9 Å². The van der Waals surface area contributed by atoms with Gasteiger partial charge in [-0.3, -0.25) is 4.79 Å². The second kappa shape index (κ2) is 8.05. The number of benzene rings is 1. The Morgan fingerprint density at radius 2 is 2.14 bits per heavy atom. The number of para-hydroxylation sites is 1. The van der Waals surface area contributed by atoms with Gasteiger partial charge in [0.2, 0.25) is 5.91 Å². The highest BCUT2D eigenvalue weighted by Gasteiger charge is 2.27. The number of carbonyl (C=O) groups is 1. The molecule has 2 N–H and O–H groups in total. The van der Waals surface area contributed by atoms with E-state index in [1.165, 1.54) is 0 Å². The lowest BCUT2D eigenvalue weighted by molar-refractivity contribution is -0.125. The largest absolute Gasteiger partial charge is 0.507 e. The smallest absolute Gasteiger partial charge is 0.246 e. The van der Waals surface area contributed by atoms with Crippen molar-refractivity contribution in [3.05, 3.63) is 54.2 Å². The van der Waals surface area contributed by atoms with Gasteiger partial charge in [-0.15, -0.1) is 10.2 Å². The summed E-state index contributed by atoms with van der Waals surface area (Å²) in [5.41, 5.74) is 3.08. The van der Waals surface area contributed by atoms with E-state index in [2.05, 4.69) is 21.2 Å². The average Bonchev–Trinajstić information content (AvgIpc) is 3.34. The van der Waals surface area contributed by atoms with Crippen LogP contribution in [0.15, 0.2) is 48.6 Å². The van der Waals surface area contributed by atoms with Crippen LogP contribution in [0.2, 0.25) is 0 Å². The number of phenols is 1. The first-order valence-corrected chi connectivity index (χ1v) is 9.76. The van der Waals surface area contributed by atoms with E-state index in [-0.39, 0.29) is 17.6 Å². The maximum absolute atomic E-state index is 12.4. The summed E-state index contributed by atoms with van der Waals surface area (Å²) in [5.74, 6) is 0.500. The van der Waals surface area contributed by atoms with Gasteiger partial charge < -0.3 is 19.9 Å². The summed E-state index contributed by atoms with van der Waals surface area (Å²) in [6, 6.07) is 11.1. The number of nitrogens with one attached hydrogen (secondary N) is 1. The van der Waals surface area contributed by atoms with E-state index in [1.54, 1.807) is 18.2 Å². The molecule has 7 heteroatoms. The van der Waals surface area contributed by atoms with Crippen LogP contribution in [-0.4, -0.2) is 69.7 Å². The molecule has 3 heterocycles. The van der Waals surface area contributed by atoms with Gasteiger partial charge in [-0.25, -0.2) is 0 Å². The predicted octanol–water partition coefficient (Wildman–Crippen LogP) is 2.76. The van der Waals surface area contributed by atoms with Crippen molar-refractivity contribution in [1.82, 2.24) is 25.0 Å². The number of rotatable bonds is 5. The Morgan fingerprint density at radius 3 is 2.93 bits per heavy atom. The van der Waals surface area contributed by atoms with Crippen molar-refractivity contribution in [3.63, 3.8) is 0 Å². The van der Waals surface area contributed by atoms with Crippen LogP contribution in [0.1, 0.15) is 18.0 Å². The second-order valence-corrected chi connectivity index (χ2v) is 7.71. The third-order valence-electron chi connectivity index (χ3n) is 5.25. The van der Waals surface area contributed by atoms with E-state index >= 15 is 0 Å². The minimum Gasteiger partial charge on any atom is -0.507 e. The Kier molecular flexibility index (Phi) is 5.31. The van der Waals surface area contributed by atoms with Gasteiger partial charge in [-0.2, -0.15) is 0 Å². The van der Waals surface area contributed by atoms with Gasteiger partial charge in [-0.05, 0) is 44.8 Å². The lowest BCUT2D eigenvalue weighted by Crippen LogP contribution is -2.26. The lowest BCUT2D eigenvalue weighted by Gasteiger charge is -2.14. The van der Waals surface area contributed by atoms with Gasteiger partial charge in [0.05, 0.1) is 5.69 Å². The molecule has 1 amide bonds. The summed E-state index contributed by atoms with van der Waals surface area (Å²) in [6.45, 7) is 2.20. The molecule has 0 unspecified atom stereocenters. The third kappa shape index (κ3) is 4.14. The molecule has 7 nitrogen and oxygen atoms in total. The Labute approximate surface area is 169 Å². The average molecular weight is 391 g/mol. The molecule has 29 heavy (non-hydrogen) atoms. The SMILES string of the molecule is CN(C)C/C=C/C(=O)N1CC[C@@H](c2cc3cc(-c4ccccc4O)nnc3[nH]2)C1. The van der Waals surface area contributed by atoms with Crippen molar-refractivity contribution in [1.29, 1.82) is 0 Å². The summed E-state index contributed by atoms with van der Waals surface area (Å²) < 4.78 is 0. The van der Waals surface area contributed by atoms with Gasteiger partial charge in [0.25, 0.3) is 0 Å². The van der Waals surface area contributed by atoms with E-state index in [4.69, 9.17) is 0 Å². The quantitative estimate of drug-likeness (QED) is 0.653. The third-order valence-corrected chi connectivity index (χ3v) is 5.25. The molecule has 2 aromatic heterocycles. The molecule has 1 saturated heterocycles. The molecular formula is C22H25N5O2. The minimum absolute atomic E-state index is 0.0621. The van der Waals surface area contributed by atoms with Crippen LogP contribution in [0.5, 0.6) is 5.75 Å². The molecule has 1 aromatic carbocycles. The molecule has 150 valence electrons. The van der Waals surface area contributed by atoms with Crippen LogP contribution in [-0.2, 0) is 4.79 Å². The maximum atomic E-state index is 12.4. The van der Waals surface area contributed by atoms with Gasteiger partial charge >= 0.3 is 0 Å². The number of amides is 1. The molecule has 0 radical (unpaired) electrons. The molecule has 0 saturated carbocycles. The van der Waals surface area contributed by atoms with Gasteiger partial charge in [0.15, 0.2) is 5.65 Å². The molecule has 0 bridgehead atoms. The predicted molar refractivity (Wildman–Crippen MR) is 113 cm³/mol. The molecule has 3 aromatic rings. The number of phenolic OH excluding ortho intramolecular Hbond substituents is 1. The number of likely N-dealkylation sites (N-methyl/N-ethyl adjacent to an activating group) is 1. The molecule has 1 aliphatic heterocycles. The molecular weight excluding hydrogens is 366 g/mol. The highest BCUT2D eigenvalue weighted by molar-refractivity contribution is 5.88. The highest BCUT2D eigenvalue weighted by Crippen LogP contribution is 2.31. The van der Waals surface area contributed by atoms with Crippen molar-refractivity contribution in [2.45, 2.75) is 12.3 Å². The van der Waals surface area contributed by atoms with Crippen LogP contribution >= 0.6 is 0 Å². The van der Waals surface area contributed by atoms with Gasteiger partial charge in [-0.1, -0.05) is 18.2 Å². The van der Waals surface area contributed by atoms with Crippen molar-refractivity contribution in [2.24, 2.45) is 0 Å². The summed E-state index contributed by atoms with van der Waals surface area (Å²) in [4.78, 5) is 19.6. The van der Waals surface area contributed by atoms with E-state index in [0.29, 0.717) is 17.8 Å². The molecule has 0 aliphatic carbocycles. The summed E-state index contributed by atoms with van der Waals surface area (Å²) in [7, 11) is 3.95.